The van der Waals surface area contributed by atoms with Crippen LogP contribution < -0.4 is 11.5 Å². The van der Waals surface area contributed by atoms with Crippen molar-refractivity contribution in [1.29, 1.82) is 0 Å². The van der Waals surface area contributed by atoms with Gasteiger partial charge in [0, 0.05) is 43.5 Å². The van der Waals surface area contributed by atoms with Crippen molar-refractivity contribution < 1.29 is 23.7 Å². The van der Waals surface area contributed by atoms with Crippen LogP contribution in [0.2, 0.25) is 0 Å². The van der Waals surface area contributed by atoms with E-state index < -0.39 is 40.2 Å². The Morgan fingerprint density at radius 3 is 2.62 bits per heavy atom. The minimum absolute atomic E-state index is 0.0152. The Labute approximate surface area is 150 Å². The van der Waals surface area contributed by atoms with Gasteiger partial charge in [0.15, 0.2) is 6.04 Å². The van der Waals surface area contributed by atoms with Crippen molar-refractivity contribution in [1.82, 2.24) is 9.97 Å². The highest BCUT2D eigenvalue weighted by Gasteiger charge is 2.63. The van der Waals surface area contributed by atoms with Crippen molar-refractivity contribution in [3.63, 3.8) is 0 Å². The van der Waals surface area contributed by atoms with Gasteiger partial charge in [-0.25, -0.2) is 14.6 Å². The molecule has 1 aromatic rings. The number of quaternary nitrogens is 1. The molecule has 0 radical (unpaired) electrons. The fourth-order valence-electron chi connectivity index (χ4n) is 4.25. The second-order valence-electron chi connectivity index (χ2n) is 7.41. The maximum absolute atomic E-state index is 13.3. The van der Waals surface area contributed by atoms with Crippen LogP contribution in [0.1, 0.15) is 31.9 Å². The van der Waals surface area contributed by atoms with Gasteiger partial charge in [0.25, 0.3) is 5.91 Å². The number of carbonyl (C=O) groups is 4. The van der Waals surface area contributed by atoms with Gasteiger partial charge in [-0.3, -0.25) is 9.59 Å². The number of primary amides is 1. The van der Waals surface area contributed by atoms with Crippen molar-refractivity contribution in [2.45, 2.75) is 44.7 Å². The standard InChI is InChI=1S/C17H23N5O4/c1-9-2-3-22(14(9)15(19)24,16(25)10-4-12(23)5-10)17(26)13(18)6-11-7-20-8-21-11/h7-10,13-14H,2-6,18H2,1H3,(H2-,19,20,21,24)/p+1/t9?,13-,14-,22?/m0/s1. The number of rotatable bonds is 5. The molecule has 2 fully saturated rings. The molecule has 1 saturated heterocycles. The van der Waals surface area contributed by atoms with Gasteiger partial charge in [-0.15, -0.1) is 0 Å². The summed E-state index contributed by atoms with van der Waals surface area (Å²) in [5.74, 6) is -2.37. The topological polar surface area (TPSA) is 149 Å². The van der Waals surface area contributed by atoms with E-state index >= 15 is 0 Å². The first-order chi connectivity index (χ1) is 12.3. The van der Waals surface area contributed by atoms with Crippen LogP contribution in [0.15, 0.2) is 12.5 Å². The van der Waals surface area contributed by atoms with Crippen LogP contribution in [-0.4, -0.2) is 56.6 Å². The third kappa shape index (κ3) is 2.86. The Bertz CT molecular complexity index is 738. The number of Topliss-reactive ketones (excluding diaryl/α,β-unsaturated/α-hetero) is 1. The highest BCUT2D eigenvalue weighted by molar-refractivity contribution is 5.99. The number of hydrogen-bond donors (Lipinski definition) is 3. The van der Waals surface area contributed by atoms with Crippen molar-refractivity contribution in [2.24, 2.45) is 23.3 Å². The molecule has 140 valence electrons. The zero-order valence-corrected chi connectivity index (χ0v) is 14.7. The molecular formula is C17H24N5O4+. The molecule has 1 saturated carbocycles. The van der Waals surface area contributed by atoms with Gasteiger partial charge in [0.1, 0.15) is 11.8 Å². The normalized spacial score (nSPS) is 30.0. The minimum atomic E-state index is -0.984. The van der Waals surface area contributed by atoms with Crippen LogP contribution in [-0.2, 0) is 25.6 Å². The van der Waals surface area contributed by atoms with Crippen LogP contribution in [0.25, 0.3) is 0 Å². The third-order valence-electron chi connectivity index (χ3n) is 5.64. The molecule has 2 unspecified atom stereocenters. The van der Waals surface area contributed by atoms with E-state index in [1.807, 2.05) is 6.92 Å². The fourth-order valence-corrected chi connectivity index (χ4v) is 4.25. The van der Waals surface area contributed by atoms with E-state index in [4.69, 9.17) is 11.5 Å². The Kier molecular flexibility index (Phi) is 4.76. The van der Waals surface area contributed by atoms with E-state index in [0.717, 1.165) is 0 Å². The summed E-state index contributed by atoms with van der Waals surface area (Å²) in [4.78, 5) is 56.8. The maximum atomic E-state index is 13.3. The van der Waals surface area contributed by atoms with Crippen molar-refractivity contribution >= 4 is 23.5 Å². The molecule has 2 heterocycles. The third-order valence-corrected chi connectivity index (χ3v) is 5.64. The predicted octanol–water partition coefficient (Wildman–Crippen LogP) is -0.978. The highest BCUT2D eigenvalue weighted by atomic mass is 16.2. The van der Waals surface area contributed by atoms with E-state index in [2.05, 4.69) is 9.97 Å². The number of H-pyrrole nitrogens is 1. The molecule has 9 heteroatoms. The van der Waals surface area contributed by atoms with Crippen LogP contribution >= 0.6 is 0 Å². The van der Waals surface area contributed by atoms with Crippen molar-refractivity contribution in [2.75, 3.05) is 6.54 Å². The average Bonchev–Trinajstić information content (AvgIpc) is 3.18. The molecule has 3 amide bonds. The number of nitrogens with two attached hydrogens (primary N) is 2. The Morgan fingerprint density at radius 1 is 1.38 bits per heavy atom. The smallest absolute Gasteiger partial charge is 0.338 e. The van der Waals surface area contributed by atoms with E-state index in [9.17, 15) is 19.2 Å². The molecule has 0 spiro atoms. The lowest BCUT2D eigenvalue weighted by Gasteiger charge is -2.39. The number of carbonyl (C=O) groups excluding carboxylic acids is 4. The zero-order chi connectivity index (χ0) is 19.1. The second-order valence-corrected chi connectivity index (χ2v) is 7.41. The number of ketones is 1. The van der Waals surface area contributed by atoms with Gasteiger partial charge < -0.3 is 16.5 Å². The fraction of sp³-hybridized carbons (Fsp3) is 0.588. The van der Waals surface area contributed by atoms with Crippen LogP contribution in [0.3, 0.4) is 0 Å². The summed E-state index contributed by atoms with van der Waals surface area (Å²) < 4.78 is -0.663. The van der Waals surface area contributed by atoms with E-state index in [0.29, 0.717) is 12.1 Å². The summed E-state index contributed by atoms with van der Waals surface area (Å²) in [5, 5.41) is 0. The molecule has 5 N–H and O–H groups in total. The Morgan fingerprint density at radius 2 is 2.08 bits per heavy atom. The molecule has 0 bridgehead atoms. The lowest BCUT2D eigenvalue weighted by atomic mass is 9.81. The number of aromatic amines is 1. The van der Waals surface area contributed by atoms with Gasteiger partial charge in [-0.1, -0.05) is 6.92 Å². The summed E-state index contributed by atoms with van der Waals surface area (Å²) in [5.41, 5.74) is 12.4. The first-order valence-corrected chi connectivity index (χ1v) is 8.77. The number of imide groups is 1. The van der Waals surface area contributed by atoms with Crippen molar-refractivity contribution in [3.05, 3.63) is 18.2 Å². The molecule has 4 atom stereocenters. The van der Waals surface area contributed by atoms with Gasteiger partial charge in [0.05, 0.1) is 18.8 Å². The van der Waals surface area contributed by atoms with E-state index in [-0.39, 0.29) is 37.5 Å². The lowest BCUT2D eigenvalue weighted by Crippen LogP contribution is -2.70. The number of aromatic nitrogens is 2. The molecule has 0 aromatic carbocycles. The molecule has 2 aliphatic rings. The summed E-state index contributed by atoms with van der Waals surface area (Å²) in [7, 11) is 0. The molecule has 3 rings (SSSR count). The second kappa shape index (κ2) is 6.73. The average molecular weight is 362 g/mol. The van der Waals surface area contributed by atoms with Crippen molar-refractivity contribution in [3.8, 4) is 0 Å². The maximum Gasteiger partial charge on any atom is 0.338 e. The molecule has 26 heavy (non-hydrogen) atoms. The number of amides is 3. The monoisotopic (exact) mass is 362 g/mol. The quantitative estimate of drug-likeness (QED) is 0.573. The summed E-state index contributed by atoms with van der Waals surface area (Å²) >= 11 is 0. The lowest BCUT2D eigenvalue weighted by molar-refractivity contribution is -0.786. The van der Waals surface area contributed by atoms with Gasteiger partial charge in [-0.05, 0) is 0 Å². The number of nitrogens with zero attached hydrogens (tertiary/aromatic N) is 2. The van der Waals surface area contributed by atoms with E-state index in [1.54, 1.807) is 6.20 Å². The van der Waals surface area contributed by atoms with Gasteiger partial charge >= 0.3 is 11.8 Å². The van der Waals surface area contributed by atoms with Gasteiger partial charge in [0.2, 0.25) is 0 Å². The van der Waals surface area contributed by atoms with Crippen LogP contribution in [0.4, 0.5) is 0 Å². The molecule has 9 nitrogen and oxygen atoms in total. The molecule has 1 aliphatic heterocycles. The van der Waals surface area contributed by atoms with Gasteiger partial charge in [-0.2, -0.15) is 4.48 Å². The first-order valence-electron chi connectivity index (χ1n) is 8.77. The molecule has 1 aromatic heterocycles. The zero-order valence-electron chi connectivity index (χ0n) is 14.7. The number of likely N-dealkylation sites (tertiary alicyclic amines) is 1. The minimum Gasteiger partial charge on any atom is -0.364 e. The summed E-state index contributed by atoms with van der Waals surface area (Å²) in [6.45, 7) is 2.00. The Balaban J connectivity index is 1.94. The Hall–Kier alpha value is -2.39. The summed E-state index contributed by atoms with van der Waals surface area (Å²) in [6, 6.07) is -1.93. The number of hydrogen-bond acceptors (Lipinski definition) is 6. The first kappa shape index (κ1) is 18.4. The van der Waals surface area contributed by atoms with Crippen LogP contribution in [0, 0.1) is 11.8 Å². The number of imidazole rings is 1. The highest BCUT2D eigenvalue weighted by Crippen LogP contribution is 2.38. The molecular weight excluding hydrogens is 338 g/mol. The van der Waals surface area contributed by atoms with Crippen LogP contribution in [0.5, 0.6) is 0 Å². The molecule has 1 aliphatic carbocycles. The number of nitrogens with one attached hydrogen (secondary N) is 1. The van der Waals surface area contributed by atoms with E-state index in [1.165, 1.54) is 6.33 Å². The summed E-state index contributed by atoms with van der Waals surface area (Å²) in [6.07, 6.45) is 3.95. The SMILES string of the molecule is CC1CC[N+](C(=O)C2CC(=O)C2)(C(=O)[C@@H](N)Cc2cnc[nH]2)[C@@H]1C(N)=O. The predicted molar refractivity (Wildman–Crippen MR) is 89.9 cm³/mol. The largest absolute Gasteiger partial charge is 0.364 e.